The van der Waals surface area contributed by atoms with Crippen molar-refractivity contribution in [2.45, 2.75) is 13.8 Å². The number of nitrogens with one attached hydrogen (secondary N) is 3. The van der Waals surface area contributed by atoms with E-state index in [9.17, 15) is 14.4 Å². The molecule has 0 fully saturated rings. The average Bonchev–Trinajstić information content (AvgIpc) is 2.35. The number of carbonyl (C=O) groups excluding carboxylic acids is 1. The van der Waals surface area contributed by atoms with Crippen LogP contribution in [0.3, 0.4) is 0 Å². The van der Waals surface area contributed by atoms with Crippen molar-refractivity contribution < 1.29 is 4.79 Å². The Labute approximate surface area is 122 Å². The van der Waals surface area contributed by atoms with Crippen molar-refractivity contribution >= 4 is 27.5 Å². The lowest BCUT2D eigenvalue weighted by molar-refractivity contribution is 0.102. The van der Waals surface area contributed by atoms with Gasteiger partial charge in [-0.15, -0.1) is 0 Å². The standard InChI is InChI=1S/C13H12BrN3O3/c1-6-3-8(4-7(2)10(6)14)16-11(18)9-5-15-13(20)17-12(9)19/h3-5H,1-2H3,(H,16,18)(H2,15,17,19,20). The molecule has 1 heterocycles. The molecule has 0 atom stereocenters. The minimum atomic E-state index is -0.725. The monoisotopic (exact) mass is 337 g/mol. The molecule has 0 saturated carbocycles. The highest BCUT2D eigenvalue weighted by atomic mass is 79.9. The molecular weight excluding hydrogens is 326 g/mol. The minimum absolute atomic E-state index is 0.150. The number of hydrogen-bond acceptors (Lipinski definition) is 3. The number of rotatable bonds is 2. The fraction of sp³-hybridized carbons (Fsp3) is 0.154. The Hall–Kier alpha value is -2.15. The number of aromatic amines is 2. The van der Waals surface area contributed by atoms with Crippen molar-refractivity contribution in [3.63, 3.8) is 0 Å². The SMILES string of the molecule is Cc1cc(NC(=O)c2c[nH]c(=O)[nH]c2=O)cc(C)c1Br. The van der Waals surface area contributed by atoms with Gasteiger partial charge in [0.25, 0.3) is 11.5 Å². The maximum Gasteiger partial charge on any atom is 0.325 e. The average molecular weight is 338 g/mol. The van der Waals surface area contributed by atoms with Gasteiger partial charge < -0.3 is 10.3 Å². The van der Waals surface area contributed by atoms with E-state index in [4.69, 9.17) is 0 Å². The van der Waals surface area contributed by atoms with E-state index in [1.807, 2.05) is 18.8 Å². The molecule has 104 valence electrons. The van der Waals surface area contributed by atoms with Crippen LogP contribution in [-0.2, 0) is 0 Å². The third-order valence-corrected chi connectivity index (χ3v) is 4.01. The van der Waals surface area contributed by atoms with E-state index in [0.29, 0.717) is 5.69 Å². The van der Waals surface area contributed by atoms with Gasteiger partial charge in [0.2, 0.25) is 0 Å². The van der Waals surface area contributed by atoms with E-state index in [1.165, 1.54) is 0 Å². The fourth-order valence-corrected chi connectivity index (χ4v) is 2.02. The lowest BCUT2D eigenvalue weighted by Crippen LogP contribution is -2.29. The number of carbonyl (C=O) groups is 1. The van der Waals surface area contributed by atoms with Crippen LogP contribution in [0.25, 0.3) is 0 Å². The zero-order valence-corrected chi connectivity index (χ0v) is 12.4. The molecule has 0 aliphatic carbocycles. The molecule has 0 saturated heterocycles. The topological polar surface area (TPSA) is 94.8 Å². The second kappa shape index (κ2) is 5.46. The van der Waals surface area contributed by atoms with Crippen LogP contribution in [0.1, 0.15) is 21.5 Å². The maximum atomic E-state index is 12.0. The summed E-state index contributed by atoms with van der Waals surface area (Å²) in [7, 11) is 0. The van der Waals surface area contributed by atoms with Crippen LogP contribution >= 0.6 is 15.9 Å². The Balaban J connectivity index is 2.33. The number of anilines is 1. The summed E-state index contributed by atoms with van der Waals surface area (Å²) in [5.41, 5.74) is 0.992. The molecule has 0 aliphatic heterocycles. The smallest absolute Gasteiger partial charge is 0.322 e. The Kier molecular flexibility index (Phi) is 3.89. The maximum absolute atomic E-state index is 12.0. The van der Waals surface area contributed by atoms with Gasteiger partial charge in [-0.25, -0.2) is 4.79 Å². The number of H-pyrrole nitrogens is 2. The van der Waals surface area contributed by atoms with Gasteiger partial charge in [0.1, 0.15) is 5.56 Å². The Morgan fingerprint density at radius 2 is 1.80 bits per heavy atom. The van der Waals surface area contributed by atoms with Crippen LogP contribution in [0.5, 0.6) is 0 Å². The number of amides is 1. The van der Waals surface area contributed by atoms with Crippen LogP contribution in [0, 0.1) is 13.8 Å². The highest BCUT2D eigenvalue weighted by Crippen LogP contribution is 2.25. The molecular formula is C13H12BrN3O3. The Morgan fingerprint density at radius 1 is 1.20 bits per heavy atom. The predicted molar refractivity (Wildman–Crippen MR) is 79.3 cm³/mol. The van der Waals surface area contributed by atoms with Gasteiger partial charge in [-0.2, -0.15) is 0 Å². The van der Waals surface area contributed by atoms with Crippen LogP contribution in [-0.4, -0.2) is 15.9 Å². The second-order valence-electron chi connectivity index (χ2n) is 4.36. The highest BCUT2D eigenvalue weighted by Gasteiger charge is 2.12. The summed E-state index contributed by atoms with van der Waals surface area (Å²) in [6.07, 6.45) is 1.09. The largest absolute Gasteiger partial charge is 0.325 e. The summed E-state index contributed by atoms with van der Waals surface area (Å²) in [4.78, 5) is 38.7. The molecule has 2 rings (SSSR count). The van der Waals surface area contributed by atoms with E-state index in [-0.39, 0.29) is 5.56 Å². The van der Waals surface area contributed by atoms with Crippen molar-refractivity contribution in [3.8, 4) is 0 Å². The fourth-order valence-electron chi connectivity index (χ4n) is 1.79. The lowest BCUT2D eigenvalue weighted by Gasteiger charge is -2.09. The Bertz CT molecular complexity index is 769. The van der Waals surface area contributed by atoms with Crippen molar-refractivity contribution in [3.05, 3.63) is 60.3 Å². The van der Waals surface area contributed by atoms with Crippen LogP contribution in [0.15, 0.2) is 32.4 Å². The summed E-state index contributed by atoms with van der Waals surface area (Å²) in [5.74, 6) is -0.580. The zero-order valence-electron chi connectivity index (χ0n) is 10.8. The van der Waals surface area contributed by atoms with Crippen molar-refractivity contribution in [1.82, 2.24) is 9.97 Å². The van der Waals surface area contributed by atoms with Crippen molar-refractivity contribution in [2.75, 3.05) is 5.32 Å². The van der Waals surface area contributed by atoms with Gasteiger partial charge in [-0.3, -0.25) is 14.6 Å². The van der Waals surface area contributed by atoms with Gasteiger partial charge in [0.15, 0.2) is 0 Å². The predicted octanol–water partition coefficient (Wildman–Crippen LogP) is 1.69. The molecule has 1 amide bonds. The summed E-state index contributed by atoms with van der Waals surface area (Å²) < 4.78 is 0.970. The molecule has 3 N–H and O–H groups in total. The molecule has 6 nitrogen and oxygen atoms in total. The van der Waals surface area contributed by atoms with Gasteiger partial charge in [-0.05, 0) is 37.1 Å². The van der Waals surface area contributed by atoms with E-state index in [1.54, 1.807) is 12.1 Å². The molecule has 7 heteroatoms. The van der Waals surface area contributed by atoms with E-state index < -0.39 is 17.2 Å². The van der Waals surface area contributed by atoms with Gasteiger partial charge in [0.05, 0.1) is 0 Å². The normalized spacial score (nSPS) is 10.3. The first kappa shape index (κ1) is 14.3. The quantitative estimate of drug-likeness (QED) is 0.778. The first-order valence-electron chi connectivity index (χ1n) is 5.78. The van der Waals surface area contributed by atoms with Crippen molar-refractivity contribution in [2.24, 2.45) is 0 Å². The van der Waals surface area contributed by atoms with Gasteiger partial charge in [-0.1, -0.05) is 15.9 Å². The van der Waals surface area contributed by atoms with Gasteiger partial charge >= 0.3 is 5.69 Å². The first-order valence-corrected chi connectivity index (χ1v) is 6.58. The molecule has 0 aliphatic rings. The highest BCUT2D eigenvalue weighted by molar-refractivity contribution is 9.10. The minimum Gasteiger partial charge on any atom is -0.322 e. The lowest BCUT2D eigenvalue weighted by atomic mass is 10.1. The number of hydrogen-bond donors (Lipinski definition) is 3. The molecule has 0 radical (unpaired) electrons. The number of aromatic nitrogens is 2. The molecule has 0 spiro atoms. The van der Waals surface area contributed by atoms with Crippen LogP contribution in [0.4, 0.5) is 5.69 Å². The third kappa shape index (κ3) is 2.88. The second-order valence-corrected chi connectivity index (χ2v) is 5.16. The van der Waals surface area contributed by atoms with E-state index in [0.717, 1.165) is 21.8 Å². The number of aryl methyl sites for hydroxylation is 2. The third-order valence-electron chi connectivity index (χ3n) is 2.76. The van der Waals surface area contributed by atoms with E-state index in [2.05, 4.69) is 26.2 Å². The molecule has 2 aromatic rings. The molecule has 1 aromatic heterocycles. The Morgan fingerprint density at radius 3 is 2.35 bits per heavy atom. The molecule has 20 heavy (non-hydrogen) atoms. The summed E-state index contributed by atoms with van der Waals surface area (Å²) in [5, 5.41) is 2.63. The molecule has 0 unspecified atom stereocenters. The number of halogens is 1. The zero-order chi connectivity index (χ0) is 14.9. The first-order chi connectivity index (χ1) is 9.38. The summed E-state index contributed by atoms with van der Waals surface area (Å²) >= 11 is 3.44. The molecule has 0 bridgehead atoms. The van der Waals surface area contributed by atoms with E-state index >= 15 is 0 Å². The van der Waals surface area contributed by atoms with Crippen LogP contribution in [0.2, 0.25) is 0 Å². The molecule has 1 aromatic carbocycles. The van der Waals surface area contributed by atoms with Crippen molar-refractivity contribution in [1.29, 1.82) is 0 Å². The summed E-state index contributed by atoms with van der Waals surface area (Å²) in [6, 6.07) is 3.57. The van der Waals surface area contributed by atoms with Crippen LogP contribution < -0.4 is 16.6 Å². The number of benzene rings is 1. The van der Waals surface area contributed by atoms with Gasteiger partial charge in [0, 0.05) is 16.4 Å². The summed E-state index contributed by atoms with van der Waals surface area (Å²) in [6.45, 7) is 3.80.